The van der Waals surface area contributed by atoms with E-state index in [1.54, 1.807) is 7.11 Å². The van der Waals surface area contributed by atoms with Gasteiger partial charge in [-0.1, -0.05) is 63.9 Å². The number of hydrogen-bond acceptors (Lipinski definition) is 7. The first-order valence-corrected chi connectivity index (χ1v) is 16.0. The summed E-state index contributed by atoms with van der Waals surface area (Å²) < 4.78 is 23.8. The Morgan fingerprint density at radius 3 is 2.42 bits per heavy atom. The largest absolute Gasteiger partial charge is 0.493 e. The molecule has 2 heterocycles. The highest BCUT2D eigenvalue weighted by atomic mass is 16.5. The third-order valence-corrected chi connectivity index (χ3v) is 7.93. The minimum absolute atomic E-state index is 0.211. The first-order chi connectivity index (χ1) is 20.9. The van der Waals surface area contributed by atoms with Gasteiger partial charge in [0, 0.05) is 44.9 Å². The number of methoxy groups -OCH3 is 1. The Hall–Kier alpha value is -3.36. The Labute approximate surface area is 257 Å². The summed E-state index contributed by atoms with van der Waals surface area (Å²) in [7, 11) is 1.74. The summed E-state index contributed by atoms with van der Waals surface area (Å²) in [6.07, 6.45) is 4.92. The Morgan fingerprint density at radius 2 is 1.74 bits per heavy atom. The second kappa shape index (κ2) is 15.9. The summed E-state index contributed by atoms with van der Waals surface area (Å²) in [5.41, 5.74) is 6.66. The van der Waals surface area contributed by atoms with E-state index in [4.69, 9.17) is 18.7 Å². The monoisotopic (exact) mass is 591 g/mol. The van der Waals surface area contributed by atoms with Gasteiger partial charge >= 0.3 is 0 Å². The molecule has 0 radical (unpaired) electrons. The fourth-order valence-corrected chi connectivity index (χ4v) is 5.43. The Balaban J connectivity index is 1.84. The first-order valence-electron chi connectivity index (χ1n) is 16.0. The third kappa shape index (κ3) is 7.98. The molecule has 0 fully saturated rings. The minimum atomic E-state index is -0.281. The zero-order valence-electron chi connectivity index (χ0n) is 26.9. The van der Waals surface area contributed by atoms with E-state index in [9.17, 15) is 4.79 Å². The topological polar surface area (TPSA) is 86.1 Å². The average Bonchev–Trinajstić information content (AvgIpc) is 3.45. The van der Waals surface area contributed by atoms with E-state index < -0.39 is 0 Å². The molecule has 0 saturated heterocycles. The normalized spacial score (nSPS) is 13.3. The molecule has 43 heavy (non-hydrogen) atoms. The maximum Gasteiger partial charge on any atom is 0.290 e. The third-order valence-electron chi connectivity index (χ3n) is 7.93. The van der Waals surface area contributed by atoms with E-state index in [2.05, 4.69) is 67.3 Å². The molecule has 2 aromatic carbocycles. The number of amides is 1. The highest BCUT2D eigenvalue weighted by molar-refractivity contribution is 6.02. The number of ether oxygens (including phenoxy) is 3. The number of fused-ring (bicyclic) bond motifs is 1. The molecule has 1 aromatic heterocycles. The number of rotatable bonds is 16. The quantitative estimate of drug-likeness (QED) is 0.176. The van der Waals surface area contributed by atoms with E-state index >= 15 is 0 Å². The van der Waals surface area contributed by atoms with Crippen molar-refractivity contribution in [2.45, 2.75) is 79.2 Å². The maximum atomic E-state index is 13.3. The molecule has 1 aliphatic heterocycles. The number of benzene rings is 2. The molecule has 0 spiro atoms. The zero-order valence-corrected chi connectivity index (χ0v) is 26.9. The van der Waals surface area contributed by atoms with E-state index in [1.165, 1.54) is 11.1 Å². The van der Waals surface area contributed by atoms with E-state index in [0.717, 1.165) is 80.8 Å². The molecule has 0 saturated carbocycles. The van der Waals surface area contributed by atoms with Gasteiger partial charge in [0.05, 0.1) is 25.4 Å². The van der Waals surface area contributed by atoms with Crippen molar-refractivity contribution >= 4 is 5.91 Å². The number of hydrogen-bond donors (Lipinski definition) is 1. The molecule has 0 atom stereocenters. The molecule has 4 rings (SSSR count). The van der Waals surface area contributed by atoms with Crippen LogP contribution in [-0.4, -0.2) is 62.5 Å². The standard InChI is InChI=1S/C35H49N3O5/c1-7-10-17-41-30-22-31(42-18-11-8-2)29(21-28(30)24(4)5)33-32(34(43-37-33)35(39)36-9-3)26-12-13-27-23-38(16-19-40-6)15-14-25(27)20-26/h12-13,20-22,24H,7-11,14-19,23H2,1-6H3,(H,36,39). The summed E-state index contributed by atoms with van der Waals surface area (Å²) in [5, 5.41) is 7.45. The van der Waals surface area contributed by atoms with E-state index in [1.807, 2.05) is 13.0 Å². The lowest BCUT2D eigenvalue weighted by atomic mass is 9.91. The van der Waals surface area contributed by atoms with E-state index in [-0.39, 0.29) is 17.6 Å². The van der Waals surface area contributed by atoms with Crippen LogP contribution in [0.3, 0.4) is 0 Å². The number of nitrogens with one attached hydrogen (secondary N) is 1. The molecule has 8 nitrogen and oxygen atoms in total. The van der Waals surface area contributed by atoms with Crippen molar-refractivity contribution in [1.29, 1.82) is 0 Å². The number of aromatic nitrogens is 1. The van der Waals surface area contributed by atoms with Crippen LogP contribution in [0.4, 0.5) is 0 Å². The second-order valence-corrected chi connectivity index (χ2v) is 11.5. The van der Waals surface area contributed by atoms with Crippen LogP contribution in [0.25, 0.3) is 22.4 Å². The zero-order chi connectivity index (χ0) is 30.8. The Kier molecular flexibility index (Phi) is 12.1. The van der Waals surface area contributed by atoms with E-state index in [0.29, 0.717) is 36.8 Å². The average molecular weight is 592 g/mol. The summed E-state index contributed by atoms with van der Waals surface area (Å²) >= 11 is 0. The van der Waals surface area contributed by atoms with Crippen LogP contribution in [0.1, 0.15) is 93.5 Å². The summed E-state index contributed by atoms with van der Waals surface area (Å²) in [5.74, 6) is 1.66. The molecule has 0 aliphatic carbocycles. The molecule has 0 bridgehead atoms. The van der Waals surface area contributed by atoms with Gasteiger partial charge in [-0.05, 0) is 60.4 Å². The van der Waals surface area contributed by atoms with Gasteiger partial charge in [-0.25, -0.2) is 0 Å². The van der Waals surface area contributed by atoms with Crippen LogP contribution < -0.4 is 14.8 Å². The Morgan fingerprint density at radius 1 is 1.00 bits per heavy atom. The lowest BCUT2D eigenvalue weighted by molar-refractivity contribution is 0.0920. The van der Waals surface area contributed by atoms with Crippen LogP contribution in [0.5, 0.6) is 11.5 Å². The van der Waals surface area contributed by atoms with Gasteiger partial charge in [0.25, 0.3) is 5.91 Å². The lowest BCUT2D eigenvalue weighted by Gasteiger charge is -2.28. The predicted octanol–water partition coefficient (Wildman–Crippen LogP) is 7.24. The molecular formula is C35H49N3O5. The van der Waals surface area contributed by atoms with Crippen molar-refractivity contribution in [3.05, 3.63) is 52.8 Å². The molecule has 234 valence electrons. The van der Waals surface area contributed by atoms with Crippen molar-refractivity contribution in [1.82, 2.24) is 15.4 Å². The maximum absolute atomic E-state index is 13.3. The molecule has 3 aromatic rings. The number of carbonyl (C=O) groups excluding carboxylic acids is 1. The van der Waals surface area contributed by atoms with Gasteiger partial charge in [0.2, 0.25) is 5.76 Å². The van der Waals surface area contributed by atoms with Gasteiger partial charge in [0.15, 0.2) is 0 Å². The molecule has 0 unspecified atom stereocenters. The highest BCUT2D eigenvalue weighted by Gasteiger charge is 2.29. The molecule has 1 aliphatic rings. The van der Waals surface area contributed by atoms with Crippen molar-refractivity contribution in [3.63, 3.8) is 0 Å². The predicted molar refractivity (Wildman–Crippen MR) is 171 cm³/mol. The van der Waals surface area contributed by atoms with Crippen LogP contribution in [0.2, 0.25) is 0 Å². The minimum Gasteiger partial charge on any atom is -0.493 e. The molecule has 1 amide bonds. The van der Waals surface area contributed by atoms with Crippen molar-refractivity contribution < 1.29 is 23.5 Å². The van der Waals surface area contributed by atoms with Gasteiger partial charge in [-0.3, -0.25) is 9.69 Å². The van der Waals surface area contributed by atoms with Crippen molar-refractivity contribution in [2.75, 3.05) is 46.6 Å². The van der Waals surface area contributed by atoms with Gasteiger partial charge in [-0.15, -0.1) is 0 Å². The fourth-order valence-electron chi connectivity index (χ4n) is 5.43. The van der Waals surface area contributed by atoms with Crippen LogP contribution in [0.15, 0.2) is 34.9 Å². The van der Waals surface area contributed by atoms with Crippen LogP contribution in [0, 0.1) is 0 Å². The Bertz CT molecular complexity index is 1350. The number of nitrogens with zero attached hydrogens (tertiary/aromatic N) is 2. The first kappa shape index (κ1) is 32.6. The number of carbonyl (C=O) groups is 1. The summed E-state index contributed by atoms with van der Waals surface area (Å²) in [6.45, 7) is 15.7. The van der Waals surface area contributed by atoms with Crippen molar-refractivity contribution in [3.8, 4) is 33.9 Å². The van der Waals surface area contributed by atoms with Crippen LogP contribution >= 0.6 is 0 Å². The summed E-state index contributed by atoms with van der Waals surface area (Å²) in [6, 6.07) is 10.6. The molecular weight excluding hydrogens is 542 g/mol. The molecule has 8 heteroatoms. The van der Waals surface area contributed by atoms with Gasteiger partial charge in [0.1, 0.15) is 17.2 Å². The van der Waals surface area contributed by atoms with Gasteiger partial charge in [-0.2, -0.15) is 0 Å². The lowest BCUT2D eigenvalue weighted by Crippen LogP contribution is -2.33. The second-order valence-electron chi connectivity index (χ2n) is 11.5. The van der Waals surface area contributed by atoms with Crippen molar-refractivity contribution in [2.24, 2.45) is 0 Å². The number of unbranched alkanes of at least 4 members (excludes halogenated alkanes) is 2. The smallest absolute Gasteiger partial charge is 0.290 e. The molecule has 1 N–H and O–H groups in total. The summed E-state index contributed by atoms with van der Waals surface area (Å²) in [4.78, 5) is 15.7. The fraction of sp³-hybridized carbons (Fsp3) is 0.543. The highest BCUT2D eigenvalue weighted by Crippen LogP contribution is 2.44. The van der Waals surface area contributed by atoms with Crippen LogP contribution in [-0.2, 0) is 17.7 Å². The van der Waals surface area contributed by atoms with Gasteiger partial charge < -0.3 is 24.1 Å². The SMILES string of the molecule is CCCCOc1cc(OCCCC)c(C(C)C)cc1-c1noc(C(=O)NCC)c1-c1ccc2c(c1)CCN(CCOC)C2.